The smallest absolute Gasteiger partial charge is 0.277 e. The predicted molar refractivity (Wildman–Crippen MR) is 84.3 cm³/mol. The Balaban J connectivity index is 2.28. The van der Waals surface area contributed by atoms with Gasteiger partial charge in [0.2, 0.25) is 0 Å². The molecular formula is C15H20BrNO4. The molecule has 5 nitrogen and oxygen atoms in total. The molecule has 2 unspecified atom stereocenters. The maximum Gasteiger partial charge on any atom is 0.277 e. The van der Waals surface area contributed by atoms with Crippen LogP contribution >= 0.6 is 15.9 Å². The maximum atomic E-state index is 11.2. The third-order valence-corrected chi connectivity index (χ3v) is 4.49. The van der Waals surface area contributed by atoms with Gasteiger partial charge in [-0.2, -0.15) is 0 Å². The van der Waals surface area contributed by atoms with Crippen molar-refractivity contribution in [2.75, 3.05) is 7.11 Å². The highest BCUT2D eigenvalue weighted by molar-refractivity contribution is 9.08. The molecule has 1 aromatic rings. The highest BCUT2D eigenvalue weighted by Crippen LogP contribution is 2.38. The largest absolute Gasteiger partial charge is 0.493 e. The average molecular weight is 358 g/mol. The second-order valence-corrected chi connectivity index (χ2v) is 6.09. The molecule has 0 aromatic heterocycles. The van der Waals surface area contributed by atoms with E-state index in [-0.39, 0.29) is 16.7 Å². The van der Waals surface area contributed by atoms with Gasteiger partial charge in [-0.1, -0.05) is 29.3 Å². The molecule has 6 heteroatoms. The summed E-state index contributed by atoms with van der Waals surface area (Å²) in [4.78, 5) is 10.8. The molecule has 2 rings (SSSR count). The molecule has 1 aliphatic carbocycles. The van der Waals surface area contributed by atoms with Crippen LogP contribution in [0.1, 0.15) is 38.2 Å². The Labute approximate surface area is 132 Å². The highest BCUT2D eigenvalue weighted by Gasteiger charge is 2.24. The molecule has 1 aromatic carbocycles. The fourth-order valence-corrected chi connectivity index (χ4v) is 3.23. The molecule has 1 saturated carbocycles. The normalized spacial score (nSPS) is 21.9. The minimum absolute atomic E-state index is 0.0616. The molecule has 0 spiro atoms. The van der Waals surface area contributed by atoms with E-state index in [1.165, 1.54) is 12.5 Å². The molecule has 0 N–H and O–H groups in total. The summed E-state index contributed by atoms with van der Waals surface area (Å²) in [5, 5.41) is 11.6. The summed E-state index contributed by atoms with van der Waals surface area (Å²) >= 11 is 3.27. The molecular weight excluding hydrogens is 338 g/mol. The summed E-state index contributed by atoms with van der Waals surface area (Å²) in [5.74, 6) is 1.65. The van der Waals surface area contributed by atoms with Gasteiger partial charge < -0.3 is 9.47 Å². The van der Waals surface area contributed by atoms with Crippen molar-refractivity contribution in [3.05, 3.63) is 27.8 Å². The summed E-state index contributed by atoms with van der Waals surface area (Å²) in [6.07, 6.45) is 4.44. The van der Waals surface area contributed by atoms with Crippen molar-refractivity contribution in [3.63, 3.8) is 0 Å². The molecule has 1 aliphatic rings. The van der Waals surface area contributed by atoms with Gasteiger partial charge in [-0.25, -0.2) is 0 Å². The standard InChI is InChI=1S/C15H20BrNO4/c1-10-4-3-5-12(6-10)21-15-8-13(17(18)19)11(9-16)7-14(15)20-2/h7-8,10,12H,3-6,9H2,1-2H3. The number of nitro benzene ring substituents is 1. The van der Waals surface area contributed by atoms with Gasteiger partial charge in [0.15, 0.2) is 11.5 Å². The zero-order valence-corrected chi connectivity index (χ0v) is 13.9. The SMILES string of the molecule is COc1cc(CBr)c([N+](=O)[O-])cc1OC1CCCC(C)C1. The summed E-state index contributed by atoms with van der Waals surface area (Å²) in [6, 6.07) is 3.16. The number of ether oxygens (including phenoxy) is 2. The lowest BCUT2D eigenvalue weighted by Crippen LogP contribution is -2.24. The Hall–Kier alpha value is -1.30. The van der Waals surface area contributed by atoms with Crippen molar-refractivity contribution in [3.8, 4) is 11.5 Å². The van der Waals surface area contributed by atoms with Gasteiger partial charge in [-0.3, -0.25) is 10.1 Å². The van der Waals surface area contributed by atoms with Gasteiger partial charge in [-0.15, -0.1) is 0 Å². The van der Waals surface area contributed by atoms with Crippen LogP contribution < -0.4 is 9.47 Å². The number of nitrogens with zero attached hydrogens (tertiary/aromatic N) is 1. The number of rotatable bonds is 5. The Morgan fingerprint density at radius 1 is 1.38 bits per heavy atom. The first-order valence-corrected chi connectivity index (χ1v) is 8.25. The minimum atomic E-state index is -0.383. The van der Waals surface area contributed by atoms with E-state index in [2.05, 4.69) is 22.9 Å². The molecule has 0 radical (unpaired) electrons. The van der Waals surface area contributed by atoms with Crippen LogP contribution in [0.25, 0.3) is 0 Å². The molecule has 0 saturated heterocycles. The average Bonchev–Trinajstić information content (AvgIpc) is 2.46. The quantitative estimate of drug-likeness (QED) is 0.443. The van der Waals surface area contributed by atoms with Crippen LogP contribution in [0.2, 0.25) is 0 Å². The van der Waals surface area contributed by atoms with Gasteiger partial charge >= 0.3 is 0 Å². The van der Waals surface area contributed by atoms with Gasteiger partial charge in [-0.05, 0) is 31.2 Å². The number of benzene rings is 1. The molecule has 2 atom stereocenters. The molecule has 0 amide bonds. The molecule has 116 valence electrons. The summed E-state index contributed by atoms with van der Waals surface area (Å²) in [7, 11) is 1.55. The fourth-order valence-electron chi connectivity index (χ4n) is 2.78. The molecule has 0 heterocycles. The lowest BCUT2D eigenvalue weighted by atomic mass is 9.89. The number of nitro groups is 1. The van der Waals surface area contributed by atoms with E-state index >= 15 is 0 Å². The number of methoxy groups -OCH3 is 1. The van der Waals surface area contributed by atoms with E-state index in [1.54, 1.807) is 13.2 Å². The van der Waals surface area contributed by atoms with Crippen LogP contribution in [0.4, 0.5) is 5.69 Å². The predicted octanol–water partition coefficient (Wildman–Crippen LogP) is 4.46. The maximum absolute atomic E-state index is 11.2. The number of hydrogen-bond donors (Lipinski definition) is 0. The van der Waals surface area contributed by atoms with Gasteiger partial charge in [0, 0.05) is 10.9 Å². The van der Waals surface area contributed by atoms with Crippen molar-refractivity contribution < 1.29 is 14.4 Å². The lowest BCUT2D eigenvalue weighted by Gasteiger charge is -2.28. The van der Waals surface area contributed by atoms with Crippen LogP contribution in [0, 0.1) is 16.0 Å². The number of alkyl halides is 1. The zero-order chi connectivity index (χ0) is 15.4. The van der Waals surface area contributed by atoms with Gasteiger partial charge in [0.05, 0.1) is 24.2 Å². The molecule has 1 fully saturated rings. The van der Waals surface area contributed by atoms with Gasteiger partial charge in [0.1, 0.15) is 0 Å². The van der Waals surface area contributed by atoms with E-state index in [9.17, 15) is 10.1 Å². The van der Waals surface area contributed by atoms with Gasteiger partial charge in [0.25, 0.3) is 5.69 Å². The van der Waals surface area contributed by atoms with Crippen molar-refractivity contribution in [2.24, 2.45) is 5.92 Å². The van der Waals surface area contributed by atoms with Crippen LogP contribution in [-0.4, -0.2) is 18.1 Å². The monoisotopic (exact) mass is 357 g/mol. The van der Waals surface area contributed by atoms with E-state index in [1.807, 2.05) is 0 Å². The highest BCUT2D eigenvalue weighted by atomic mass is 79.9. The van der Waals surface area contributed by atoms with Crippen molar-refractivity contribution in [2.45, 2.75) is 44.0 Å². The molecule has 0 aliphatic heterocycles. The van der Waals surface area contributed by atoms with E-state index in [4.69, 9.17) is 9.47 Å². The van der Waals surface area contributed by atoms with Crippen LogP contribution in [0.15, 0.2) is 12.1 Å². The number of hydrogen-bond acceptors (Lipinski definition) is 4. The van der Waals surface area contributed by atoms with Crippen LogP contribution in [-0.2, 0) is 5.33 Å². The summed E-state index contributed by atoms with van der Waals surface area (Å²) in [6.45, 7) is 2.21. The second-order valence-electron chi connectivity index (χ2n) is 5.53. The number of halogens is 1. The second kappa shape index (κ2) is 7.11. The Bertz CT molecular complexity index is 521. The Kier molecular flexibility index (Phi) is 5.45. The van der Waals surface area contributed by atoms with E-state index < -0.39 is 0 Å². The Morgan fingerprint density at radius 3 is 2.71 bits per heavy atom. The summed E-state index contributed by atoms with van der Waals surface area (Å²) in [5.41, 5.74) is 0.646. The molecule has 0 bridgehead atoms. The van der Waals surface area contributed by atoms with Crippen LogP contribution in [0.3, 0.4) is 0 Å². The first kappa shape index (κ1) is 16.1. The summed E-state index contributed by atoms with van der Waals surface area (Å²) < 4.78 is 11.3. The zero-order valence-electron chi connectivity index (χ0n) is 12.3. The minimum Gasteiger partial charge on any atom is -0.493 e. The topological polar surface area (TPSA) is 61.6 Å². The van der Waals surface area contributed by atoms with Crippen molar-refractivity contribution >= 4 is 21.6 Å². The lowest BCUT2D eigenvalue weighted by molar-refractivity contribution is -0.385. The third kappa shape index (κ3) is 3.87. The Morgan fingerprint density at radius 2 is 2.14 bits per heavy atom. The fraction of sp³-hybridized carbons (Fsp3) is 0.600. The van der Waals surface area contributed by atoms with E-state index in [0.717, 1.165) is 19.3 Å². The third-order valence-electron chi connectivity index (χ3n) is 3.89. The van der Waals surface area contributed by atoms with Crippen molar-refractivity contribution in [1.82, 2.24) is 0 Å². The van der Waals surface area contributed by atoms with E-state index in [0.29, 0.717) is 28.3 Å². The first-order valence-electron chi connectivity index (χ1n) is 7.13. The molecule has 21 heavy (non-hydrogen) atoms. The first-order chi connectivity index (χ1) is 10.0. The van der Waals surface area contributed by atoms with Crippen LogP contribution in [0.5, 0.6) is 11.5 Å². The van der Waals surface area contributed by atoms with Crippen molar-refractivity contribution in [1.29, 1.82) is 0 Å².